The minimum absolute atomic E-state index is 0.475. The predicted octanol–water partition coefficient (Wildman–Crippen LogP) is 4.39. The van der Waals surface area contributed by atoms with E-state index < -0.39 is 0 Å². The second-order valence-corrected chi connectivity index (χ2v) is 7.21. The van der Waals surface area contributed by atoms with Gasteiger partial charge in [-0.3, -0.25) is 4.98 Å². The molecule has 0 aliphatic rings. The zero-order valence-corrected chi connectivity index (χ0v) is 17.1. The van der Waals surface area contributed by atoms with Crippen molar-refractivity contribution < 1.29 is 14.2 Å². The van der Waals surface area contributed by atoms with E-state index in [9.17, 15) is 0 Å². The Balaban J connectivity index is 1.66. The average Bonchev–Trinajstić information content (AvgIpc) is 3.22. The molecule has 148 valence electrons. The van der Waals surface area contributed by atoms with Crippen LogP contribution in [0.25, 0.3) is 20.7 Å². The topological polar surface area (TPSA) is 78.4 Å². The SMILES string of the molecule is COc1cc(OC)c(CNc2ncnc3cc(-c4cccnc4)sc23)c(OC)c1. The van der Waals surface area contributed by atoms with Crippen molar-refractivity contribution in [2.45, 2.75) is 6.54 Å². The van der Waals surface area contributed by atoms with Gasteiger partial charge in [0.05, 0.1) is 37.1 Å². The molecule has 0 radical (unpaired) electrons. The first kappa shape index (κ1) is 18.9. The summed E-state index contributed by atoms with van der Waals surface area (Å²) >= 11 is 1.63. The molecule has 0 spiro atoms. The summed E-state index contributed by atoms with van der Waals surface area (Å²) in [5.74, 6) is 2.80. The Bertz CT molecular complexity index is 1110. The zero-order chi connectivity index (χ0) is 20.2. The summed E-state index contributed by atoms with van der Waals surface area (Å²) in [7, 11) is 4.86. The van der Waals surface area contributed by atoms with Crippen LogP contribution in [-0.2, 0) is 6.54 Å². The molecule has 0 unspecified atom stereocenters. The Morgan fingerprint density at radius 2 is 1.79 bits per heavy atom. The number of benzene rings is 1. The first-order valence-corrected chi connectivity index (χ1v) is 9.73. The van der Waals surface area contributed by atoms with Gasteiger partial charge in [-0.15, -0.1) is 11.3 Å². The Labute approximate surface area is 172 Å². The van der Waals surface area contributed by atoms with Gasteiger partial charge >= 0.3 is 0 Å². The Kier molecular flexibility index (Phi) is 5.44. The van der Waals surface area contributed by atoms with Gasteiger partial charge in [-0.2, -0.15) is 0 Å². The second kappa shape index (κ2) is 8.32. The maximum absolute atomic E-state index is 5.53. The number of thiophene rings is 1. The second-order valence-electron chi connectivity index (χ2n) is 6.15. The summed E-state index contributed by atoms with van der Waals surface area (Å²) in [5, 5.41) is 3.40. The molecule has 8 heteroatoms. The first-order chi connectivity index (χ1) is 14.2. The molecule has 4 aromatic rings. The molecule has 29 heavy (non-hydrogen) atoms. The van der Waals surface area contributed by atoms with E-state index in [4.69, 9.17) is 14.2 Å². The molecule has 0 aliphatic carbocycles. The van der Waals surface area contributed by atoms with Gasteiger partial charge in [-0.25, -0.2) is 9.97 Å². The van der Waals surface area contributed by atoms with Gasteiger partial charge in [0, 0.05) is 41.5 Å². The van der Waals surface area contributed by atoms with Gasteiger partial charge in [-0.1, -0.05) is 6.07 Å². The van der Waals surface area contributed by atoms with Gasteiger partial charge < -0.3 is 19.5 Å². The summed E-state index contributed by atoms with van der Waals surface area (Å²) in [6.45, 7) is 0.475. The van der Waals surface area contributed by atoms with Gasteiger partial charge in [0.2, 0.25) is 0 Å². The third-order valence-electron chi connectivity index (χ3n) is 4.51. The fourth-order valence-electron chi connectivity index (χ4n) is 3.06. The standard InChI is InChI=1S/C21H20N4O3S/c1-26-14-7-17(27-2)15(18(8-14)28-3)11-23-21-20-16(24-12-25-21)9-19(29-20)13-5-4-6-22-10-13/h4-10,12H,11H2,1-3H3,(H,23,24,25). The maximum Gasteiger partial charge on any atom is 0.147 e. The molecule has 0 atom stereocenters. The van der Waals surface area contributed by atoms with Crippen molar-refractivity contribution in [3.63, 3.8) is 0 Å². The van der Waals surface area contributed by atoms with E-state index >= 15 is 0 Å². The van der Waals surface area contributed by atoms with E-state index in [2.05, 4.69) is 26.3 Å². The van der Waals surface area contributed by atoms with E-state index in [1.807, 2.05) is 30.5 Å². The normalized spacial score (nSPS) is 10.7. The summed E-state index contributed by atoms with van der Waals surface area (Å²) in [4.78, 5) is 14.1. The number of methoxy groups -OCH3 is 3. The summed E-state index contributed by atoms with van der Waals surface area (Å²) in [6, 6.07) is 9.68. The molecule has 3 aromatic heterocycles. The van der Waals surface area contributed by atoms with Crippen molar-refractivity contribution in [1.29, 1.82) is 0 Å². The highest BCUT2D eigenvalue weighted by Crippen LogP contribution is 2.37. The number of pyridine rings is 1. The van der Waals surface area contributed by atoms with E-state index in [-0.39, 0.29) is 0 Å². The van der Waals surface area contributed by atoms with Crippen LogP contribution in [0.5, 0.6) is 17.2 Å². The van der Waals surface area contributed by atoms with Crippen LogP contribution < -0.4 is 19.5 Å². The van der Waals surface area contributed by atoms with E-state index in [0.717, 1.165) is 32.0 Å². The lowest BCUT2D eigenvalue weighted by molar-refractivity contribution is 0.369. The number of nitrogens with zero attached hydrogens (tertiary/aromatic N) is 3. The Hall–Kier alpha value is -3.39. The molecule has 0 bridgehead atoms. The van der Waals surface area contributed by atoms with Crippen LogP contribution in [0.2, 0.25) is 0 Å². The Morgan fingerprint density at radius 1 is 1.00 bits per heavy atom. The highest BCUT2D eigenvalue weighted by molar-refractivity contribution is 7.22. The molecule has 0 fully saturated rings. The number of aromatic nitrogens is 3. The summed E-state index contributed by atoms with van der Waals surface area (Å²) in [5.41, 5.74) is 2.83. The van der Waals surface area contributed by atoms with E-state index in [0.29, 0.717) is 23.8 Å². The van der Waals surface area contributed by atoms with E-state index in [1.165, 1.54) is 0 Å². The molecule has 0 aliphatic heterocycles. The van der Waals surface area contributed by atoms with Crippen LogP contribution in [0.1, 0.15) is 5.56 Å². The fourth-order valence-corrected chi connectivity index (χ4v) is 4.12. The van der Waals surface area contributed by atoms with Crippen LogP contribution in [0.15, 0.2) is 49.1 Å². The van der Waals surface area contributed by atoms with Gasteiger partial charge in [0.1, 0.15) is 29.4 Å². The molecule has 0 saturated heterocycles. The number of hydrogen-bond donors (Lipinski definition) is 1. The number of fused-ring (bicyclic) bond motifs is 1. The number of anilines is 1. The van der Waals surface area contributed by atoms with Crippen LogP contribution in [0, 0.1) is 0 Å². The average molecular weight is 408 g/mol. The molecule has 0 saturated carbocycles. The number of ether oxygens (including phenoxy) is 3. The molecule has 7 nitrogen and oxygen atoms in total. The Morgan fingerprint density at radius 3 is 2.45 bits per heavy atom. The van der Waals surface area contributed by atoms with Crippen molar-refractivity contribution in [3.05, 3.63) is 54.6 Å². The highest BCUT2D eigenvalue weighted by Gasteiger charge is 2.15. The molecule has 4 rings (SSSR count). The third-order valence-corrected chi connectivity index (χ3v) is 5.69. The van der Waals surface area contributed by atoms with Gasteiger partial charge in [0.15, 0.2) is 0 Å². The maximum atomic E-state index is 5.53. The molecule has 1 aromatic carbocycles. The molecule has 0 amide bonds. The van der Waals surface area contributed by atoms with Crippen molar-refractivity contribution in [3.8, 4) is 27.7 Å². The number of hydrogen-bond acceptors (Lipinski definition) is 8. The van der Waals surface area contributed by atoms with Crippen molar-refractivity contribution in [2.75, 3.05) is 26.6 Å². The third kappa shape index (κ3) is 3.79. The molecular weight excluding hydrogens is 388 g/mol. The zero-order valence-electron chi connectivity index (χ0n) is 16.3. The predicted molar refractivity (Wildman–Crippen MR) is 114 cm³/mol. The monoisotopic (exact) mass is 408 g/mol. The first-order valence-electron chi connectivity index (χ1n) is 8.91. The van der Waals surface area contributed by atoms with Gasteiger partial charge in [0.25, 0.3) is 0 Å². The lowest BCUT2D eigenvalue weighted by Crippen LogP contribution is -2.06. The molecule has 3 heterocycles. The van der Waals surface area contributed by atoms with Crippen molar-refractivity contribution in [2.24, 2.45) is 0 Å². The lowest BCUT2D eigenvalue weighted by atomic mass is 10.1. The highest BCUT2D eigenvalue weighted by atomic mass is 32.1. The van der Waals surface area contributed by atoms with Gasteiger partial charge in [-0.05, 0) is 12.1 Å². The van der Waals surface area contributed by atoms with Crippen LogP contribution in [0.4, 0.5) is 5.82 Å². The minimum Gasteiger partial charge on any atom is -0.496 e. The fraction of sp³-hybridized carbons (Fsp3) is 0.190. The molecule has 1 N–H and O–H groups in total. The van der Waals surface area contributed by atoms with Crippen molar-refractivity contribution >= 4 is 27.4 Å². The minimum atomic E-state index is 0.475. The summed E-state index contributed by atoms with van der Waals surface area (Å²) < 4.78 is 17.4. The number of nitrogens with one attached hydrogen (secondary N) is 1. The smallest absolute Gasteiger partial charge is 0.147 e. The molecular formula is C21H20N4O3S. The van der Waals surface area contributed by atoms with E-state index in [1.54, 1.807) is 45.2 Å². The van der Waals surface area contributed by atoms with Crippen LogP contribution in [-0.4, -0.2) is 36.3 Å². The van der Waals surface area contributed by atoms with Crippen LogP contribution >= 0.6 is 11.3 Å². The van der Waals surface area contributed by atoms with Crippen molar-refractivity contribution in [1.82, 2.24) is 15.0 Å². The lowest BCUT2D eigenvalue weighted by Gasteiger charge is -2.16. The quantitative estimate of drug-likeness (QED) is 0.486. The van der Waals surface area contributed by atoms with Crippen LogP contribution in [0.3, 0.4) is 0 Å². The summed E-state index contributed by atoms with van der Waals surface area (Å²) in [6.07, 6.45) is 5.17. The number of rotatable bonds is 7. The largest absolute Gasteiger partial charge is 0.496 e.